The second-order valence-corrected chi connectivity index (χ2v) is 9.22. The van der Waals surface area contributed by atoms with Crippen LogP contribution >= 0.6 is 11.3 Å². The average molecular weight is 496 g/mol. The summed E-state index contributed by atoms with van der Waals surface area (Å²) in [6, 6.07) is 12.0. The first-order valence-corrected chi connectivity index (χ1v) is 12.4. The zero-order valence-electron chi connectivity index (χ0n) is 19.8. The highest BCUT2D eigenvalue weighted by Crippen LogP contribution is 2.29. The number of benzene rings is 2. The summed E-state index contributed by atoms with van der Waals surface area (Å²) < 4.78 is 10.5. The first kappa shape index (κ1) is 24.7. The van der Waals surface area contributed by atoms with Crippen LogP contribution in [0.5, 0.6) is 11.5 Å². The molecule has 1 atom stereocenters. The van der Waals surface area contributed by atoms with Crippen LogP contribution in [0.4, 0.5) is 0 Å². The number of phenolic OH excluding ortho intramolecular Hbond substituents is 1. The van der Waals surface area contributed by atoms with Crippen LogP contribution in [0, 0.1) is 6.92 Å². The summed E-state index contributed by atoms with van der Waals surface area (Å²) in [4.78, 5) is 33.2. The third-order valence-corrected chi connectivity index (χ3v) is 6.97. The maximum atomic E-state index is 13.2. The molecule has 1 aliphatic heterocycles. The minimum atomic E-state index is -0.534. The molecule has 0 radical (unpaired) electrons. The molecule has 0 saturated carbocycles. The number of methoxy groups -OCH3 is 1. The van der Waals surface area contributed by atoms with E-state index in [4.69, 9.17) is 9.47 Å². The van der Waals surface area contributed by atoms with Gasteiger partial charge in [-0.1, -0.05) is 24.3 Å². The Kier molecular flexibility index (Phi) is 7.99. The van der Waals surface area contributed by atoms with Crippen molar-refractivity contribution in [3.05, 3.63) is 64.8 Å². The summed E-state index contributed by atoms with van der Waals surface area (Å²) >= 11 is 1.61. The van der Waals surface area contributed by atoms with Crippen molar-refractivity contribution in [2.75, 3.05) is 26.9 Å². The Morgan fingerprint density at radius 3 is 2.71 bits per heavy atom. The SMILES string of the molecule is COCCOc1cc(C(=O)N2CCCC2C(=O)NCc2ccc(-c3scnc3C)cc2)ccc1O. The fourth-order valence-electron chi connectivity index (χ4n) is 4.11. The van der Waals surface area contributed by atoms with Crippen LogP contribution in [0.1, 0.15) is 34.5 Å². The predicted octanol–water partition coefficient (Wildman–Crippen LogP) is 3.77. The van der Waals surface area contributed by atoms with E-state index in [2.05, 4.69) is 10.3 Å². The fourth-order valence-corrected chi connectivity index (χ4v) is 4.92. The topological polar surface area (TPSA) is 101 Å². The minimum Gasteiger partial charge on any atom is -0.504 e. The Bertz CT molecular complexity index is 1180. The van der Waals surface area contributed by atoms with E-state index in [9.17, 15) is 14.7 Å². The lowest BCUT2D eigenvalue weighted by Gasteiger charge is -2.24. The number of carbonyl (C=O) groups is 2. The molecule has 35 heavy (non-hydrogen) atoms. The number of amides is 2. The van der Waals surface area contributed by atoms with Gasteiger partial charge in [-0.05, 0) is 49.1 Å². The Morgan fingerprint density at radius 2 is 2.00 bits per heavy atom. The standard InChI is InChI=1S/C26H29N3O5S/c1-17-24(35-16-28-17)19-7-5-18(6-8-19)15-27-25(31)21-4-3-11-29(21)26(32)20-9-10-22(30)23(14-20)34-13-12-33-2/h5-10,14,16,21,30H,3-4,11-13,15H2,1-2H3,(H,27,31). The van der Waals surface area contributed by atoms with Crippen molar-refractivity contribution in [2.24, 2.45) is 0 Å². The predicted molar refractivity (Wildman–Crippen MR) is 134 cm³/mol. The number of likely N-dealkylation sites (tertiary alicyclic amines) is 1. The molecule has 4 rings (SSSR count). The van der Waals surface area contributed by atoms with Gasteiger partial charge in [-0.3, -0.25) is 9.59 Å². The number of ether oxygens (including phenoxy) is 2. The summed E-state index contributed by atoms with van der Waals surface area (Å²) in [6.07, 6.45) is 1.36. The number of aromatic nitrogens is 1. The number of phenols is 1. The van der Waals surface area contributed by atoms with Crippen LogP contribution in [0.2, 0.25) is 0 Å². The van der Waals surface area contributed by atoms with Crippen molar-refractivity contribution in [1.82, 2.24) is 15.2 Å². The number of aromatic hydroxyl groups is 1. The average Bonchev–Trinajstić information content (AvgIpc) is 3.53. The summed E-state index contributed by atoms with van der Waals surface area (Å²) in [7, 11) is 1.56. The molecule has 0 spiro atoms. The highest BCUT2D eigenvalue weighted by atomic mass is 32.1. The number of rotatable bonds is 9. The highest BCUT2D eigenvalue weighted by molar-refractivity contribution is 7.13. The molecule has 3 aromatic rings. The van der Waals surface area contributed by atoms with Gasteiger partial charge in [0, 0.05) is 25.8 Å². The molecule has 1 fully saturated rings. The van der Waals surface area contributed by atoms with Crippen molar-refractivity contribution in [2.45, 2.75) is 32.4 Å². The summed E-state index contributed by atoms with van der Waals surface area (Å²) in [5, 5.41) is 13.0. The van der Waals surface area contributed by atoms with Gasteiger partial charge in [0.1, 0.15) is 12.6 Å². The van der Waals surface area contributed by atoms with Crippen LogP contribution in [-0.2, 0) is 16.1 Å². The van der Waals surface area contributed by atoms with Crippen molar-refractivity contribution >= 4 is 23.2 Å². The lowest BCUT2D eigenvalue weighted by Crippen LogP contribution is -2.45. The van der Waals surface area contributed by atoms with E-state index in [-0.39, 0.29) is 29.9 Å². The number of aryl methyl sites for hydroxylation is 1. The minimum absolute atomic E-state index is 0.0510. The normalized spacial score (nSPS) is 15.3. The molecule has 9 heteroatoms. The molecular weight excluding hydrogens is 466 g/mol. The van der Waals surface area contributed by atoms with E-state index < -0.39 is 6.04 Å². The van der Waals surface area contributed by atoms with Crippen LogP contribution in [-0.4, -0.2) is 59.7 Å². The van der Waals surface area contributed by atoms with Crippen LogP contribution in [0.15, 0.2) is 48.0 Å². The number of hydrogen-bond acceptors (Lipinski definition) is 7. The Labute approximate surface area is 208 Å². The molecule has 1 saturated heterocycles. The summed E-state index contributed by atoms with van der Waals surface area (Å²) in [5.41, 5.74) is 5.29. The van der Waals surface area contributed by atoms with Crippen LogP contribution in [0.3, 0.4) is 0 Å². The van der Waals surface area contributed by atoms with Gasteiger partial charge in [-0.25, -0.2) is 4.98 Å². The van der Waals surface area contributed by atoms with E-state index in [0.717, 1.165) is 28.1 Å². The van der Waals surface area contributed by atoms with Gasteiger partial charge in [0.25, 0.3) is 5.91 Å². The lowest BCUT2D eigenvalue weighted by atomic mass is 10.1. The van der Waals surface area contributed by atoms with E-state index in [0.29, 0.717) is 31.7 Å². The van der Waals surface area contributed by atoms with Gasteiger partial charge >= 0.3 is 0 Å². The molecule has 1 aromatic heterocycles. The van der Waals surface area contributed by atoms with E-state index >= 15 is 0 Å². The molecule has 8 nitrogen and oxygen atoms in total. The number of nitrogens with one attached hydrogen (secondary N) is 1. The van der Waals surface area contributed by atoms with Crippen molar-refractivity contribution in [3.63, 3.8) is 0 Å². The van der Waals surface area contributed by atoms with Crippen molar-refractivity contribution < 1.29 is 24.2 Å². The maximum Gasteiger partial charge on any atom is 0.254 e. The zero-order valence-corrected chi connectivity index (χ0v) is 20.6. The summed E-state index contributed by atoms with van der Waals surface area (Å²) in [5.74, 6) is -0.271. The molecule has 1 aliphatic rings. The van der Waals surface area contributed by atoms with E-state index in [1.54, 1.807) is 29.4 Å². The van der Waals surface area contributed by atoms with Gasteiger partial charge < -0.3 is 24.8 Å². The van der Waals surface area contributed by atoms with Crippen LogP contribution < -0.4 is 10.1 Å². The Morgan fingerprint density at radius 1 is 1.20 bits per heavy atom. The zero-order chi connectivity index (χ0) is 24.8. The lowest BCUT2D eigenvalue weighted by molar-refractivity contribution is -0.125. The monoisotopic (exact) mass is 495 g/mol. The van der Waals surface area contributed by atoms with E-state index in [1.807, 2.05) is 36.7 Å². The van der Waals surface area contributed by atoms with Gasteiger partial charge in [-0.15, -0.1) is 11.3 Å². The second-order valence-electron chi connectivity index (χ2n) is 8.36. The highest BCUT2D eigenvalue weighted by Gasteiger charge is 2.34. The molecule has 0 aliphatic carbocycles. The molecule has 0 bridgehead atoms. The third-order valence-electron chi connectivity index (χ3n) is 6.00. The molecule has 184 valence electrons. The smallest absolute Gasteiger partial charge is 0.254 e. The number of hydrogen-bond donors (Lipinski definition) is 2. The molecule has 1 unspecified atom stereocenters. The van der Waals surface area contributed by atoms with Gasteiger partial charge in [0.15, 0.2) is 11.5 Å². The largest absolute Gasteiger partial charge is 0.504 e. The maximum absolute atomic E-state index is 13.2. The molecule has 2 heterocycles. The first-order chi connectivity index (χ1) is 17.0. The molecule has 2 amide bonds. The Balaban J connectivity index is 1.37. The number of nitrogens with zero attached hydrogens (tertiary/aromatic N) is 2. The van der Waals surface area contributed by atoms with Crippen LogP contribution in [0.25, 0.3) is 10.4 Å². The molecule has 2 aromatic carbocycles. The van der Waals surface area contributed by atoms with E-state index in [1.165, 1.54) is 12.1 Å². The second kappa shape index (κ2) is 11.3. The van der Waals surface area contributed by atoms with Crippen molar-refractivity contribution in [3.8, 4) is 21.9 Å². The van der Waals surface area contributed by atoms with Gasteiger partial charge in [-0.2, -0.15) is 0 Å². The number of carbonyl (C=O) groups excluding carboxylic acids is 2. The van der Waals surface area contributed by atoms with Crippen molar-refractivity contribution in [1.29, 1.82) is 0 Å². The quantitative estimate of drug-likeness (QED) is 0.438. The number of thiazole rings is 1. The molecule has 2 N–H and O–H groups in total. The Hall–Kier alpha value is -3.43. The van der Waals surface area contributed by atoms with Gasteiger partial charge in [0.2, 0.25) is 5.91 Å². The van der Waals surface area contributed by atoms with Gasteiger partial charge in [0.05, 0.1) is 22.7 Å². The first-order valence-electron chi connectivity index (χ1n) is 11.5. The molecular formula is C26H29N3O5S. The third kappa shape index (κ3) is 5.80. The fraction of sp³-hybridized carbons (Fsp3) is 0.346. The summed E-state index contributed by atoms with van der Waals surface area (Å²) in [6.45, 7) is 3.49.